The van der Waals surface area contributed by atoms with Gasteiger partial charge in [-0.15, -0.1) is 0 Å². The zero-order valence-corrected chi connectivity index (χ0v) is 42.6. The van der Waals surface area contributed by atoms with Gasteiger partial charge < -0.3 is 69.3 Å². The number of carboxylic acids is 1. The lowest BCUT2D eigenvalue weighted by molar-refractivity contribution is -0.363. The number of ether oxygens (including phenoxy) is 6. The minimum absolute atomic E-state index is 0.0821. The van der Waals surface area contributed by atoms with Crippen molar-refractivity contribution in [3.05, 3.63) is 34.9 Å². The van der Waals surface area contributed by atoms with Gasteiger partial charge in [-0.1, -0.05) is 60.5 Å². The Morgan fingerprint density at radius 3 is 1.99 bits per heavy atom. The van der Waals surface area contributed by atoms with Crippen LogP contribution < -0.4 is 0 Å². The molecule has 6 fully saturated rings. The van der Waals surface area contributed by atoms with Gasteiger partial charge in [-0.25, -0.2) is 14.4 Å². The third-order valence-electron chi connectivity index (χ3n) is 18.8. The predicted molar refractivity (Wildman–Crippen MR) is 266 cm³/mol. The van der Waals surface area contributed by atoms with Crippen molar-refractivity contribution in [1.29, 1.82) is 0 Å². The standard InChI is InChI=1S/C46H73B5O17S/c1-6-18(3)38(61)67-35-36(68-39(62)19(4)7-2)45(49,69)15-23-21-8-9-25-43(47,22(21)14-27(54)42(23,35)17-53)12-10-26-44(25,48)13-11-28(46(26,50)51)64-41-33(20(5)29(55)34(66-41)37(59)60)65-40-32(58)31(57)30(56)24(16-52)63-40/h6-8,20,22-36,40-41,52-58,69H,9-17,47-51H2,1-5H3,(H,59,60)/b18-6-,19-7-/t20?,22?,23?,24?,25?,26?,27-,28+,29?,30?,31?,32?,33?,34?,35+,36+,40?,41?,42+,43-,44+,45-/m1/s1. The predicted octanol–water partition coefficient (Wildman–Crippen LogP) is -3.13. The van der Waals surface area contributed by atoms with E-state index in [1.165, 1.54) is 0 Å². The van der Waals surface area contributed by atoms with Crippen molar-refractivity contribution in [3.63, 3.8) is 0 Å². The molecule has 7 aliphatic rings. The van der Waals surface area contributed by atoms with Crippen LogP contribution in [0.4, 0.5) is 0 Å². The lowest BCUT2D eigenvalue weighted by Crippen LogP contribution is -2.71. The monoisotopic (exact) mass is 985 g/mol. The van der Waals surface area contributed by atoms with Gasteiger partial charge >= 0.3 is 17.9 Å². The number of aliphatic carboxylic acids is 1. The number of carbonyl (C=O) groups excluding carboxylic acids is 2. The number of hydrogen-bond donors (Lipinski definition) is 9. The average Bonchev–Trinajstić information content (AvgIpc) is 3.29. The van der Waals surface area contributed by atoms with E-state index in [4.69, 9.17) is 41.0 Å². The van der Waals surface area contributed by atoms with Crippen molar-refractivity contribution >= 4 is 69.8 Å². The molecule has 380 valence electrons. The highest BCUT2D eigenvalue weighted by molar-refractivity contribution is 7.83. The van der Waals surface area contributed by atoms with E-state index in [0.29, 0.717) is 30.4 Å². The number of hydrogen-bond acceptors (Lipinski definition) is 17. The summed E-state index contributed by atoms with van der Waals surface area (Å²) in [7, 11) is 10.8. The summed E-state index contributed by atoms with van der Waals surface area (Å²) in [6.07, 6.45) is -8.12. The van der Waals surface area contributed by atoms with Crippen molar-refractivity contribution in [1.82, 2.24) is 0 Å². The maximum Gasteiger partial charge on any atom is 0.335 e. The number of aliphatic hydroxyl groups is 7. The number of carboxylic acid groups (broad SMARTS) is 1. The van der Waals surface area contributed by atoms with Crippen LogP contribution in [-0.4, -0.2) is 196 Å². The van der Waals surface area contributed by atoms with Gasteiger partial charge in [-0.2, -0.15) is 12.6 Å². The van der Waals surface area contributed by atoms with Crippen LogP contribution in [0.15, 0.2) is 34.9 Å². The Kier molecular flexibility index (Phi) is 15.8. The van der Waals surface area contributed by atoms with Gasteiger partial charge in [0.15, 0.2) is 24.8 Å². The topological polar surface area (TPSA) is 268 Å². The molecule has 17 nitrogen and oxygen atoms in total. The summed E-state index contributed by atoms with van der Waals surface area (Å²) < 4.78 is 36.1. The van der Waals surface area contributed by atoms with E-state index in [2.05, 4.69) is 37.5 Å². The smallest absolute Gasteiger partial charge is 0.335 e. The molecule has 23 heteroatoms. The van der Waals surface area contributed by atoms with Crippen molar-refractivity contribution in [2.24, 2.45) is 35.0 Å². The molecule has 2 aliphatic heterocycles. The Morgan fingerprint density at radius 1 is 0.797 bits per heavy atom. The Balaban J connectivity index is 1.18. The number of carbonyl (C=O) groups is 3. The molecular weight excluding hydrogens is 911 g/mol. The van der Waals surface area contributed by atoms with Gasteiger partial charge in [-0.3, -0.25) is 0 Å². The molecule has 14 unspecified atom stereocenters. The molecule has 0 spiro atoms. The van der Waals surface area contributed by atoms with Gasteiger partial charge in [-0.05, 0) is 82.4 Å². The molecule has 4 saturated carbocycles. The molecule has 8 N–H and O–H groups in total. The third kappa shape index (κ3) is 8.99. The van der Waals surface area contributed by atoms with Gasteiger partial charge in [0, 0.05) is 21.7 Å². The number of esters is 2. The fourth-order valence-corrected chi connectivity index (χ4v) is 14.9. The lowest BCUT2D eigenvalue weighted by atomic mass is 9.24. The van der Waals surface area contributed by atoms with Crippen LogP contribution in [0, 0.1) is 35.0 Å². The quantitative estimate of drug-likeness (QED) is 0.0248. The SMILES string of the molecule is BC1(B)C2CC[C@@]3(B)C4C[C@@H](O)[C@]5(CO)C(C[C@@](B)(S)[C@@H](OC(=O)/C(C)=C\C)[C@@H]5OC(=O)/C(C)=C\C)C4=CCC3[C@@]2(B)CC[C@@H]1OC1OC(C(=O)O)C(O)C(C)C1OC1OC(CO)C(O)C(O)C1O. The second-order valence-corrected chi connectivity index (χ2v) is 23.8. The van der Waals surface area contributed by atoms with Gasteiger partial charge in [0.1, 0.15) is 75.9 Å². The van der Waals surface area contributed by atoms with Gasteiger partial charge in [0.25, 0.3) is 0 Å². The van der Waals surface area contributed by atoms with Crippen molar-refractivity contribution in [3.8, 4) is 0 Å². The zero-order valence-electron chi connectivity index (χ0n) is 41.7. The maximum absolute atomic E-state index is 13.7. The Labute approximate surface area is 414 Å². The minimum atomic E-state index is -1.76. The van der Waals surface area contributed by atoms with Crippen molar-refractivity contribution < 1.29 is 83.7 Å². The summed E-state index contributed by atoms with van der Waals surface area (Å²) in [4.78, 5) is 39.5. The second kappa shape index (κ2) is 19.9. The molecule has 0 radical (unpaired) electrons. The maximum atomic E-state index is 13.7. The molecule has 69 heavy (non-hydrogen) atoms. The largest absolute Gasteiger partial charge is 0.479 e. The molecule has 0 bridgehead atoms. The minimum Gasteiger partial charge on any atom is -0.479 e. The summed E-state index contributed by atoms with van der Waals surface area (Å²) in [5, 5.41) is 86.1. The molecule has 7 rings (SSSR count). The zero-order chi connectivity index (χ0) is 51.1. The number of thiol groups is 1. The fourth-order valence-electron chi connectivity index (χ4n) is 14.5. The lowest BCUT2D eigenvalue weighted by Gasteiger charge is -2.70. The van der Waals surface area contributed by atoms with E-state index in [9.17, 15) is 55.2 Å². The van der Waals surface area contributed by atoms with Gasteiger partial charge in [0.05, 0.1) is 36.9 Å². The molecule has 0 aromatic carbocycles. The molecule has 2 saturated heterocycles. The van der Waals surface area contributed by atoms with Crippen LogP contribution in [0.5, 0.6) is 0 Å². The molecule has 5 aliphatic carbocycles. The summed E-state index contributed by atoms with van der Waals surface area (Å²) >= 11 is 5.16. The van der Waals surface area contributed by atoms with E-state index in [0.717, 1.165) is 24.8 Å². The number of rotatable bonds is 11. The van der Waals surface area contributed by atoms with Gasteiger partial charge in [0.2, 0.25) is 0 Å². The normalized spacial score (nSPS) is 48.6. The molecule has 22 atom stereocenters. The third-order valence-corrected chi connectivity index (χ3v) is 19.3. The highest BCUT2D eigenvalue weighted by Crippen LogP contribution is 2.76. The first kappa shape index (κ1) is 54.6. The average molecular weight is 984 g/mol. The summed E-state index contributed by atoms with van der Waals surface area (Å²) in [5.41, 5.74) is 0.362. The summed E-state index contributed by atoms with van der Waals surface area (Å²) in [6, 6.07) is 0. The van der Waals surface area contributed by atoms with E-state index in [-0.39, 0.29) is 34.8 Å². The van der Waals surface area contributed by atoms with Crippen LogP contribution in [0.1, 0.15) is 79.6 Å². The number of aliphatic hydroxyl groups excluding tert-OH is 7. The highest BCUT2D eigenvalue weighted by atomic mass is 32.1. The van der Waals surface area contributed by atoms with Crippen molar-refractivity contribution in [2.75, 3.05) is 13.2 Å². The van der Waals surface area contributed by atoms with Crippen LogP contribution in [0.3, 0.4) is 0 Å². The molecular formula is C46H73B5O17S. The Morgan fingerprint density at radius 2 is 1.41 bits per heavy atom. The highest BCUT2D eigenvalue weighted by Gasteiger charge is 2.71. The van der Waals surface area contributed by atoms with Crippen LogP contribution in [-0.2, 0) is 42.8 Å². The first-order chi connectivity index (χ1) is 32.2. The Hall–Kier alpha value is -2.14. The summed E-state index contributed by atoms with van der Waals surface area (Å²) in [6.45, 7) is 7.04. The van der Waals surface area contributed by atoms with E-state index in [1.54, 1.807) is 46.8 Å². The number of allylic oxidation sites excluding steroid dienone is 4. The van der Waals surface area contributed by atoms with Crippen LogP contribution in [0.2, 0.25) is 15.8 Å². The van der Waals surface area contributed by atoms with Crippen molar-refractivity contribution in [2.45, 2.75) is 180 Å². The molecule has 0 aromatic heterocycles. The fraction of sp³-hybridized carbons (Fsp3) is 0.804. The first-order valence-corrected chi connectivity index (χ1v) is 25.2. The first-order valence-electron chi connectivity index (χ1n) is 24.8. The van der Waals surface area contributed by atoms with Crippen LogP contribution in [0.25, 0.3) is 0 Å². The number of fused-ring (bicyclic) bond motifs is 7. The summed E-state index contributed by atoms with van der Waals surface area (Å²) in [5.74, 6) is -3.95. The molecule has 2 heterocycles. The second-order valence-electron chi connectivity index (χ2n) is 22.8. The van der Waals surface area contributed by atoms with Crippen LogP contribution >= 0.6 is 12.6 Å². The Bertz CT molecular complexity index is 2060. The van der Waals surface area contributed by atoms with E-state index < -0.39 is 138 Å². The molecule has 0 amide bonds. The molecule has 0 aromatic rings. The van der Waals surface area contributed by atoms with E-state index in [1.807, 2.05) is 7.85 Å². The van der Waals surface area contributed by atoms with E-state index >= 15 is 0 Å².